The van der Waals surface area contributed by atoms with Crippen LogP contribution in [0, 0.1) is 0 Å². The van der Waals surface area contributed by atoms with Crippen LogP contribution in [0.3, 0.4) is 0 Å². The minimum atomic E-state index is 0.478. The molecule has 88 valence electrons. The lowest BCUT2D eigenvalue weighted by Crippen LogP contribution is -2.14. The van der Waals surface area contributed by atoms with Gasteiger partial charge in [0.1, 0.15) is 12.0 Å². The van der Waals surface area contributed by atoms with Crippen LogP contribution in [-0.4, -0.2) is 12.2 Å². The van der Waals surface area contributed by atoms with Crippen LogP contribution in [-0.2, 0) is 12.8 Å². The molecule has 1 unspecified atom stereocenters. The van der Waals surface area contributed by atoms with Crippen LogP contribution >= 0.6 is 0 Å². The molecule has 17 heavy (non-hydrogen) atoms. The second-order valence-electron chi connectivity index (χ2n) is 4.57. The molecule has 1 aliphatic carbocycles. The highest BCUT2D eigenvalue weighted by Crippen LogP contribution is 2.34. The van der Waals surface area contributed by atoms with Gasteiger partial charge in [-0.25, -0.2) is 0 Å². The maximum Gasteiger partial charge on any atom is 0.147 e. The molecule has 0 aliphatic heterocycles. The van der Waals surface area contributed by atoms with Crippen molar-refractivity contribution >= 4 is 5.69 Å². The second-order valence-corrected chi connectivity index (χ2v) is 4.57. The first-order valence-corrected chi connectivity index (χ1v) is 6.07. The standard InChI is InChI=1S/C14H16N2O/c1-15-13-9-17-16-14(13)12-7-6-10-4-2-3-5-11(10)8-12/h2-5,9,12,15H,6-8H2,1H3. The molecule has 0 amide bonds. The van der Waals surface area contributed by atoms with Crippen LogP contribution < -0.4 is 5.32 Å². The van der Waals surface area contributed by atoms with Crippen molar-refractivity contribution in [3.05, 3.63) is 47.3 Å². The van der Waals surface area contributed by atoms with Gasteiger partial charge in [0.2, 0.25) is 0 Å². The Kier molecular flexibility index (Phi) is 2.59. The molecule has 3 heteroatoms. The van der Waals surface area contributed by atoms with Crippen molar-refractivity contribution in [1.82, 2.24) is 5.16 Å². The zero-order valence-corrected chi connectivity index (χ0v) is 9.94. The summed E-state index contributed by atoms with van der Waals surface area (Å²) in [5, 5.41) is 7.29. The van der Waals surface area contributed by atoms with E-state index in [1.165, 1.54) is 11.1 Å². The van der Waals surface area contributed by atoms with Crippen LogP contribution in [0.25, 0.3) is 0 Å². The number of aromatic nitrogens is 1. The Labute approximate surface area is 101 Å². The van der Waals surface area contributed by atoms with Crippen LogP contribution in [0.5, 0.6) is 0 Å². The maximum atomic E-state index is 5.07. The summed E-state index contributed by atoms with van der Waals surface area (Å²) >= 11 is 0. The van der Waals surface area contributed by atoms with Gasteiger partial charge in [-0.15, -0.1) is 0 Å². The van der Waals surface area contributed by atoms with Gasteiger partial charge in [-0.2, -0.15) is 0 Å². The Bertz CT molecular complexity index is 518. The summed E-state index contributed by atoms with van der Waals surface area (Å²) in [5.74, 6) is 0.478. The number of benzene rings is 1. The number of anilines is 1. The van der Waals surface area contributed by atoms with Crippen molar-refractivity contribution < 1.29 is 4.52 Å². The lowest BCUT2D eigenvalue weighted by molar-refractivity contribution is 0.399. The minimum Gasteiger partial charge on any atom is -0.384 e. The molecule has 3 nitrogen and oxygen atoms in total. The van der Waals surface area contributed by atoms with E-state index in [0.717, 1.165) is 30.6 Å². The Morgan fingerprint density at radius 3 is 2.94 bits per heavy atom. The molecule has 1 aromatic heterocycles. The molecule has 3 rings (SSSR count). The van der Waals surface area contributed by atoms with Crippen LogP contribution in [0.4, 0.5) is 5.69 Å². The molecule has 1 N–H and O–H groups in total. The van der Waals surface area contributed by atoms with Crippen LogP contribution in [0.1, 0.15) is 29.2 Å². The minimum absolute atomic E-state index is 0.478. The average molecular weight is 228 g/mol. The van der Waals surface area contributed by atoms with Crippen molar-refractivity contribution in [3.63, 3.8) is 0 Å². The Morgan fingerprint density at radius 1 is 1.29 bits per heavy atom. The summed E-state index contributed by atoms with van der Waals surface area (Å²) in [6, 6.07) is 8.69. The van der Waals surface area contributed by atoms with Crippen molar-refractivity contribution in [3.8, 4) is 0 Å². The third-order valence-corrected chi connectivity index (χ3v) is 3.60. The first-order valence-electron chi connectivity index (χ1n) is 6.07. The highest BCUT2D eigenvalue weighted by Gasteiger charge is 2.24. The topological polar surface area (TPSA) is 38.1 Å². The lowest BCUT2D eigenvalue weighted by atomic mass is 9.82. The average Bonchev–Trinajstić information content (AvgIpc) is 2.86. The van der Waals surface area contributed by atoms with E-state index in [-0.39, 0.29) is 0 Å². The number of hydrogen-bond donors (Lipinski definition) is 1. The van der Waals surface area contributed by atoms with Crippen molar-refractivity contribution in [2.75, 3.05) is 12.4 Å². The second kappa shape index (κ2) is 4.24. The molecular weight excluding hydrogens is 212 g/mol. The predicted molar refractivity (Wildman–Crippen MR) is 67.3 cm³/mol. The van der Waals surface area contributed by atoms with Gasteiger partial charge < -0.3 is 9.84 Å². The first kappa shape index (κ1) is 10.4. The Morgan fingerprint density at radius 2 is 2.12 bits per heavy atom. The number of rotatable bonds is 2. The zero-order valence-electron chi connectivity index (χ0n) is 9.94. The van der Waals surface area contributed by atoms with E-state index in [9.17, 15) is 0 Å². The number of nitrogens with zero attached hydrogens (tertiary/aromatic N) is 1. The van der Waals surface area contributed by atoms with Crippen molar-refractivity contribution in [2.45, 2.75) is 25.2 Å². The zero-order chi connectivity index (χ0) is 11.7. The predicted octanol–water partition coefficient (Wildman–Crippen LogP) is 2.99. The maximum absolute atomic E-state index is 5.07. The van der Waals surface area contributed by atoms with E-state index in [1.807, 2.05) is 7.05 Å². The van der Waals surface area contributed by atoms with Crippen molar-refractivity contribution in [1.29, 1.82) is 0 Å². The molecule has 0 saturated carbocycles. The van der Waals surface area contributed by atoms with Gasteiger partial charge in [-0.1, -0.05) is 29.4 Å². The molecule has 1 aromatic carbocycles. The number of fused-ring (bicyclic) bond motifs is 1. The van der Waals surface area contributed by atoms with E-state index in [1.54, 1.807) is 6.26 Å². The van der Waals surface area contributed by atoms with Gasteiger partial charge in [0.15, 0.2) is 0 Å². The third kappa shape index (κ3) is 1.82. The van der Waals surface area contributed by atoms with E-state index in [4.69, 9.17) is 4.52 Å². The normalized spacial score (nSPS) is 18.8. The largest absolute Gasteiger partial charge is 0.384 e. The molecule has 2 aromatic rings. The molecule has 0 fully saturated rings. The fraction of sp³-hybridized carbons (Fsp3) is 0.357. The molecule has 1 heterocycles. The van der Waals surface area contributed by atoms with Crippen LogP contribution in [0.2, 0.25) is 0 Å². The fourth-order valence-electron chi connectivity index (χ4n) is 2.66. The molecule has 1 atom stereocenters. The van der Waals surface area contributed by atoms with Gasteiger partial charge in [0.05, 0.1) is 5.69 Å². The van der Waals surface area contributed by atoms with Crippen molar-refractivity contribution in [2.24, 2.45) is 0 Å². The van der Waals surface area contributed by atoms with Gasteiger partial charge >= 0.3 is 0 Å². The summed E-state index contributed by atoms with van der Waals surface area (Å²) < 4.78 is 5.07. The van der Waals surface area contributed by atoms with Gasteiger partial charge in [-0.3, -0.25) is 0 Å². The van der Waals surface area contributed by atoms with E-state index >= 15 is 0 Å². The molecule has 0 spiro atoms. The number of nitrogens with one attached hydrogen (secondary N) is 1. The van der Waals surface area contributed by atoms with Gasteiger partial charge in [0.25, 0.3) is 0 Å². The van der Waals surface area contributed by atoms with Gasteiger partial charge in [-0.05, 0) is 30.4 Å². The smallest absolute Gasteiger partial charge is 0.147 e. The summed E-state index contributed by atoms with van der Waals surface area (Å²) in [4.78, 5) is 0. The quantitative estimate of drug-likeness (QED) is 0.858. The van der Waals surface area contributed by atoms with Crippen LogP contribution in [0.15, 0.2) is 35.1 Å². The summed E-state index contributed by atoms with van der Waals surface area (Å²) in [7, 11) is 1.91. The molecule has 0 radical (unpaired) electrons. The summed E-state index contributed by atoms with van der Waals surface area (Å²) in [6.07, 6.45) is 5.04. The Balaban J connectivity index is 1.89. The summed E-state index contributed by atoms with van der Waals surface area (Å²) in [6.45, 7) is 0. The summed E-state index contributed by atoms with van der Waals surface area (Å²) in [5.41, 5.74) is 5.03. The molecule has 0 saturated heterocycles. The van der Waals surface area contributed by atoms with E-state index < -0.39 is 0 Å². The molecular formula is C14H16N2O. The first-order chi connectivity index (χ1) is 8.38. The molecule has 1 aliphatic rings. The van der Waals surface area contributed by atoms with Gasteiger partial charge in [0, 0.05) is 13.0 Å². The Hall–Kier alpha value is -1.77. The third-order valence-electron chi connectivity index (χ3n) is 3.60. The lowest BCUT2D eigenvalue weighted by Gasteiger charge is -2.23. The van der Waals surface area contributed by atoms with E-state index in [2.05, 4.69) is 34.7 Å². The SMILES string of the molecule is CNc1conc1C1CCc2ccccc2C1. The highest BCUT2D eigenvalue weighted by atomic mass is 16.5. The molecule has 0 bridgehead atoms. The van der Waals surface area contributed by atoms with E-state index in [0.29, 0.717) is 5.92 Å². The fourth-order valence-corrected chi connectivity index (χ4v) is 2.66. The number of hydrogen-bond acceptors (Lipinski definition) is 3. The highest BCUT2D eigenvalue weighted by molar-refractivity contribution is 5.47. The monoisotopic (exact) mass is 228 g/mol. The number of aryl methyl sites for hydroxylation is 1.